The maximum Gasteiger partial charge on any atom is 0.163 e. The van der Waals surface area contributed by atoms with E-state index in [0.717, 1.165) is 11.3 Å². The molecule has 1 aromatic heterocycles. The first-order chi connectivity index (χ1) is 10.4. The number of nitrogens with zero attached hydrogens (tertiary/aromatic N) is 3. The summed E-state index contributed by atoms with van der Waals surface area (Å²) in [5.41, 5.74) is 3.17. The Morgan fingerprint density at radius 3 is 2.36 bits per heavy atom. The summed E-state index contributed by atoms with van der Waals surface area (Å²) in [6.45, 7) is 6.57. The summed E-state index contributed by atoms with van der Waals surface area (Å²) in [5.74, 6) is 0.925. The number of aromatic hydroxyl groups is 1. The molecule has 0 radical (unpaired) electrons. The third-order valence-corrected chi connectivity index (χ3v) is 3.63. The molecule has 1 heterocycles. The van der Waals surface area contributed by atoms with Crippen LogP contribution in [0.2, 0.25) is 0 Å². The van der Waals surface area contributed by atoms with Crippen LogP contribution >= 0.6 is 0 Å². The fourth-order valence-corrected chi connectivity index (χ4v) is 2.37. The van der Waals surface area contributed by atoms with E-state index in [1.807, 2.05) is 18.2 Å². The Bertz CT molecular complexity index is 783. The molecule has 0 aliphatic rings. The molecule has 112 valence electrons. The Kier molecular flexibility index (Phi) is 3.45. The molecule has 4 nitrogen and oxygen atoms in total. The fourth-order valence-electron chi connectivity index (χ4n) is 2.37. The van der Waals surface area contributed by atoms with Crippen LogP contribution in [-0.2, 0) is 5.41 Å². The molecular formula is C18H19N3O. The smallest absolute Gasteiger partial charge is 0.163 e. The van der Waals surface area contributed by atoms with Gasteiger partial charge < -0.3 is 5.11 Å². The van der Waals surface area contributed by atoms with Crippen molar-refractivity contribution in [2.75, 3.05) is 0 Å². The fraction of sp³-hybridized carbons (Fsp3) is 0.222. The highest BCUT2D eigenvalue weighted by Crippen LogP contribution is 2.26. The van der Waals surface area contributed by atoms with E-state index < -0.39 is 0 Å². The standard InChI is InChI=1S/C18H19N3O/c1-18(2,3)14-7-9-15(10-8-14)21-17(19-12-20-21)13-5-4-6-16(22)11-13/h4-12,22H,1-3H3. The van der Waals surface area contributed by atoms with Crippen LogP contribution in [0.15, 0.2) is 54.9 Å². The van der Waals surface area contributed by atoms with Crippen molar-refractivity contribution in [1.29, 1.82) is 0 Å². The summed E-state index contributed by atoms with van der Waals surface area (Å²) in [6, 6.07) is 15.3. The first-order valence-electron chi connectivity index (χ1n) is 7.25. The normalized spacial score (nSPS) is 11.6. The minimum atomic E-state index is 0.120. The Labute approximate surface area is 130 Å². The zero-order chi connectivity index (χ0) is 15.7. The summed E-state index contributed by atoms with van der Waals surface area (Å²) in [4.78, 5) is 4.32. The van der Waals surface area contributed by atoms with Crippen molar-refractivity contribution in [3.05, 3.63) is 60.4 Å². The highest BCUT2D eigenvalue weighted by Gasteiger charge is 2.14. The van der Waals surface area contributed by atoms with Gasteiger partial charge in [0, 0.05) is 5.56 Å². The maximum absolute atomic E-state index is 9.64. The summed E-state index contributed by atoms with van der Waals surface area (Å²) >= 11 is 0. The minimum absolute atomic E-state index is 0.120. The molecule has 4 heteroatoms. The molecule has 1 N–H and O–H groups in total. The number of aromatic nitrogens is 3. The van der Waals surface area contributed by atoms with E-state index >= 15 is 0 Å². The summed E-state index contributed by atoms with van der Waals surface area (Å²) < 4.78 is 1.78. The first kappa shape index (κ1) is 14.3. The Morgan fingerprint density at radius 1 is 1.00 bits per heavy atom. The quantitative estimate of drug-likeness (QED) is 0.778. The largest absolute Gasteiger partial charge is 0.508 e. The van der Waals surface area contributed by atoms with Crippen molar-refractivity contribution in [2.24, 2.45) is 0 Å². The minimum Gasteiger partial charge on any atom is -0.508 e. The van der Waals surface area contributed by atoms with Crippen LogP contribution in [-0.4, -0.2) is 19.9 Å². The number of hydrogen-bond donors (Lipinski definition) is 1. The topological polar surface area (TPSA) is 50.9 Å². The van der Waals surface area contributed by atoms with Crippen molar-refractivity contribution in [1.82, 2.24) is 14.8 Å². The molecular weight excluding hydrogens is 274 g/mol. The Balaban J connectivity index is 2.02. The lowest BCUT2D eigenvalue weighted by Gasteiger charge is -2.19. The zero-order valence-corrected chi connectivity index (χ0v) is 13.0. The highest BCUT2D eigenvalue weighted by atomic mass is 16.3. The van der Waals surface area contributed by atoms with E-state index in [4.69, 9.17) is 0 Å². The zero-order valence-electron chi connectivity index (χ0n) is 13.0. The van der Waals surface area contributed by atoms with Gasteiger partial charge in [0.15, 0.2) is 5.82 Å². The predicted octanol–water partition coefficient (Wildman–Crippen LogP) is 3.94. The van der Waals surface area contributed by atoms with Crippen LogP contribution < -0.4 is 0 Å². The van der Waals surface area contributed by atoms with Gasteiger partial charge in [-0.05, 0) is 35.2 Å². The third kappa shape index (κ3) is 2.72. The third-order valence-electron chi connectivity index (χ3n) is 3.63. The molecule has 0 aliphatic carbocycles. The van der Waals surface area contributed by atoms with E-state index in [2.05, 4.69) is 43.0 Å². The summed E-state index contributed by atoms with van der Waals surface area (Å²) in [7, 11) is 0. The molecule has 2 aromatic carbocycles. The van der Waals surface area contributed by atoms with Crippen molar-refractivity contribution < 1.29 is 5.11 Å². The molecule has 0 amide bonds. The van der Waals surface area contributed by atoms with Crippen LogP contribution in [0.1, 0.15) is 26.3 Å². The van der Waals surface area contributed by atoms with Crippen LogP contribution in [0.5, 0.6) is 5.75 Å². The predicted molar refractivity (Wildman–Crippen MR) is 87.2 cm³/mol. The molecule has 0 bridgehead atoms. The van der Waals surface area contributed by atoms with Crippen LogP contribution in [0, 0.1) is 0 Å². The molecule has 3 aromatic rings. The second-order valence-corrected chi connectivity index (χ2v) is 6.34. The first-order valence-corrected chi connectivity index (χ1v) is 7.25. The number of phenols is 1. The molecule has 22 heavy (non-hydrogen) atoms. The van der Waals surface area contributed by atoms with Crippen LogP contribution in [0.4, 0.5) is 0 Å². The van der Waals surface area contributed by atoms with Gasteiger partial charge in [0.25, 0.3) is 0 Å². The second kappa shape index (κ2) is 5.30. The van der Waals surface area contributed by atoms with Gasteiger partial charge in [0.2, 0.25) is 0 Å². The average molecular weight is 293 g/mol. The SMILES string of the molecule is CC(C)(C)c1ccc(-n2ncnc2-c2cccc(O)c2)cc1. The van der Waals surface area contributed by atoms with Crippen molar-refractivity contribution >= 4 is 0 Å². The average Bonchev–Trinajstić information content (AvgIpc) is 2.96. The molecule has 0 unspecified atom stereocenters. The number of hydrogen-bond acceptors (Lipinski definition) is 3. The lowest BCUT2D eigenvalue weighted by Crippen LogP contribution is -2.11. The lowest BCUT2D eigenvalue weighted by molar-refractivity contribution is 0.475. The number of rotatable bonds is 2. The van der Waals surface area contributed by atoms with E-state index in [0.29, 0.717) is 5.82 Å². The molecule has 0 atom stereocenters. The Hall–Kier alpha value is -2.62. The van der Waals surface area contributed by atoms with E-state index in [9.17, 15) is 5.11 Å². The van der Waals surface area contributed by atoms with Gasteiger partial charge in [-0.3, -0.25) is 0 Å². The molecule has 0 aliphatic heterocycles. The van der Waals surface area contributed by atoms with Gasteiger partial charge in [-0.2, -0.15) is 5.10 Å². The monoisotopic (exact) mass is 293 g/mol. The van der Waals surface area contributed by atoms with Crippen molar-refractivity contribution in [3.8, 4) is 22.8 Å². The van der Waals surface area contributed by atoms with E-state index in [-0.39, 0.29) is 11.2 Å². The molecule has 0 spiro atoms. The molecule has 3 rings (SSSR count). The molecule has 0 fully saturated rings. The highest BCUT2D eigenvalue weighted by molar-refractivity contribution is 5.59. The summed E-state index contributed by atoms with van der Waals surface area (Å²) in [6.07, 6.45) is 1.52. The second-order valence-electron chi connectivity index (χ2n) is 6.34. The van der Waals surface area contributed by atoms with Gasteiger partial charge in [-0.15, -0.1) is 0 Å². The molecule has 0 saturated heterocycles. The lowest BCUT2D eigenvalue weighted by atomic mass is 9.87. The van der Waals surface area contributed by atoms with Gasteiger partial charge in [0.1, 0.15) is 12.1 Å². The van der Waals surface area contributed by atoms with E-state index in [1.165, 1.54) is 11.9 Å². The summed E-state index contributed by atoms with van der Waals surface area (Å²) in [5, 5.41) is 14.0. The van der Waals surface area contributed by atoms with Crippen molar-refractivity contribution in [3.63, 3.8) is 0 Å². The van der Waals surface area contributed by atoms with Crippen molar-refractivity contribution in [2.45, 2.75) is 26.2 Å². The number of benzene rings is 2. The Morgan fingerprint density at radius 2 is 1.73 bits per heavy atom. The van der Waals surface area contributed by atoms with Gasteiger partial charge >= 0.3 is 0 Å². The van der Waals surface area contributed by atoms with Gasteiger partial charge in [-0.1, -0.05) is 45.0 Å². The van der Waals surface area contributed by atoms with Crippen LogP contribution in [0.3, 0.4) is 0 Å². The van der Waals surface area contributed by atoms with Crippen LogP contribution in [0.25, 0.3) is 17.1 Å². The van der Waals surface area contributed by atoms with Gasteiger partial charge in [0.05, 0.1) is 5.69 Å². The number of phenolic OH excluding ortho intramolecular Hbond substituents is 1. The maximum atomic E-state index is 9.64. The van der Waals surface area contributed by atoms with E-state index in [1.54, 1.807) is 22.9 Å². The molecule has 0 saturated carbocycles. The van der Waals surface area contributed by atoms with Gasteiger partial charge in [-0.25, -0.2) is 9.67 Å².